The summed E-state index contributed by atoms with van der Waals surface area (Å²) in [5.74, 6) is -0.434. The molecule has 0 bridgehead atoms. The van der Waals surface area contributed by atoms with E-state index in [0.29, 0.717) is 0 Å². The van der Waals surface area contributed by atoms with Crippen LogP contribution in [0.25, 0.3) is 11.2 Å². The van der Waals surface area contributed by atoms with Crippen LogP contribution in [0.4, 0.5) is 4.39 Å². The van der Waals surface area contributed by atoms with Gasteiger partial charge in [0.2, 0.25) is 0 Å². The van der Waals surface area contributed by atoms with Gasteiger partial charge in [-0.05, 0) is 62.9 Å². The number of hydrogen-bond donors (Lipinski definition) is 0. The zero-order valence-electron chi connectivity index (χ0n) is 14.9. The second-order valence-electron chi connectivity index (χ2n) is 5.84. The van der Waals surface area contributed by atoms with Crippen molar-refractivity contribution in [2.24, 2.45) is 9.98 Å². The van der Waals surface area contributed by atoms with Crippen molar-refractivity contribution in [2.45, 2.75) is 20.8 Å². The quantitative estimate of drug-likeness (QED) is 0.512. The fourth-order valence-corrected chi connectivity index (χ4v) is 2.46. The Bertz CT molecular complexity index is 1030. The number of aliphatic imine (C=N–C) groups is 2. The molecular formula is C20H19FN4O. The summed E-state index contributed by atoms with van der Waals surface area (Å²) in [6.45, 7) is 9.36. The molecule has 0 unspecified atom stereocenters. The monoisotopic (exact) mass is 350 g/mol. The lowest BCUT2D eigenvalue weighted by Crippen LogP contribution is -2.05. The summed E-state index contributed by atoms with van der Waals surface area (Å²) in [5, 5.41) is 0. The Morgan fingerprint density at radius 3 is 2.73 bits per heavy atom. The molecule has 0 aliphatic carbocycles. The van der Waals surface area contributed by atoms with Crippen molar-refractivity contribution >= 4 is 24.0 Å². The van der Waals surface area contributed by atoms with E-state index in [0.717, 1.165) is 28.2 Å². The molecule has 2 heterocycles. The molecule has 6 heteroatoms. The summed E-state index contributed by atoms with van der Waals surface area (Å²) >= 11 is 0. The van der Waals surface area contributed by atoms with Gasteiger partial charge in [-0.2, -0.15) is 0 Å². The van der Waals surface area contributed by atoms with E-state index in [2.05, 4.69) is 21.7 Å². The van der Waals surface area contributed by atoms with Gasteiger partial charge in [-0.1, -0.05) is 12.1 Å². The standard InChI is InChI=1S/C20H19FN4O/c1-13(16-9-10-19-24-14(2)15(3)25(19)12-16)11-23-20(22-4)26-18-8-6-5-7-17(18)21/h5-12H,4H2,1-3H3/b13-11+,23-20?. The number of pyridine rings is 1. The van der Waals surface area contributed by atoms with Gasteiger partial charge < -0.3 is 9.14 Å². The molecule has 0 spiro atoms. The number of nitrogens with zero attached hydrogens (tertiary/aromatic N) is 4. The third kappa shape index (κ3) is 3.54. The number of benzene rings is 1. The highest BCUT2D eigenvalue weighted by molar-refractivity contribution is 5.82. The number of aromatic nitrogens is 2. The van der Waals surface area contributed by atoms with Crippen LogP contribution in [-0.2, 0) is 0 Å². The number of para-hydroxylation sites is 1. The number of ether oxygens (including phenoxy) is 1. The van der Waals surface area contributed by atoms with Crippen LogP contribution >= 0.6 is 0 Å². The van der Waals surface area contributed by atoms with Gasteiger partial charge in [-0.3, -0.25) is 0 Å². The molecule has 0 atom stereocenters. The predicted octanol–water partition coefficient (Wildman–Crippen LogP) is 4.59. The van der Waals surface area contributed by atoms with Gasteiger partial charge in [-0.15, -0.1) is 0 Å². The molecule has 0 saturated heterocycles. The minimum atomic E-state index is -0.485. The normalized spacial score (nSPS) is 12.5. The highest BCUT2D eigenvalue weighted by Crippen LogP contribution is 2.19. The van der Waals surface area contributed by atoms with Gasteiger partial charge in [0.1, 0.15) is 5.65 Å². The molecular weight excluding hydrogens is 331 g/mol. The van der Waals surface area contributed by atoms with Gasteiger partial charge in [-0.25, -0.2) is 19.4 Å². The Labute approximate surface area is 151 Å². The minimum absolute atomic E-state index is 0.0230. The highest BCUT2D eigenvalue weighted by atomic mass is 19.1. The van der Waals surface area contributed by atoms with Gasteiger partial charge in [0, 0.05) is 18.1 Å². The summed E-state index contributed by atoms with van der Waals surface area (Å²) in [6.07, 6.45) is 3.62. The first kappa shape index (κ1) is 17.5. The number of rotatable bonds is 3. The van der Waals surface area contributed by atoms with Gasteiger partial charge in [0.25, 0.3) is 0 Å². The number of aryl methyl sites for hydroxylation is 2. The van der Waals surface area contributed by atoms with E-state index in [-0.39, 0.29) is 11.8 Å². The fourth-order valence-electron chi connectivity index (χ4n) is 2.46. The summed E-state index contributed by atoms with van der Waals surface area (Å²) < 4.78 is 21.1. The van der Waals surface area contributed by atoms with E-state index in [4.69, 9.17) is 4.74 Å². The summed E-state index contributed by atoms with van der Waals surface area (Å²) in [7, 11) is 0. The Kier molecular flexibility index (Phi) is 4.93. The molecule has 0 radical (unpaired) electrons. The molecule has 0 amide bonds. The number of halogens is 1. The van der Waals surface area contributed by atoms with Crippen LogP contribution < -0.4 is 4.74 Å². The van der Waals surface area contributed by atoms with Gasteiger partial charge in [0.05, 0.1) is 5.69 Å². The second kappa shape index (κ2) is 7.31. The van der Waals surface area contributed by atoms with E-state index < -0.39 is 5.82 Å². The lowest BCUT2D eigenvalue weighted by atomic mass is 10.1. The van der Waals surface area contributed by atoms with Crippen LogP contribution in [0.2, 0.25) is 0 Å². The zero-order chi connectivity index (χ0) is 18.7. The van der Waals surface area contributed by atoms with E-state index in [9.17, 15) is 4.39 Å². The van der Waals surface area contributed by atoms with Crippen LogP contribution in [0.15, 0.2) is 58.8 Å². The summed E-state index contributed by atoms with van der Waals surface area (Å²) in [4.78, 5) is 12.4. The largest absolute Gasteiger partial charge is 0.421 e. The first-order valence-corrected chi connectivity index (χ1v) is 8.09. The Hall–Kier alpha value is -3.28. The predicted molar refractivity (Wildman–Crippen MR) is 102 cm³/mol. The molecule has 0 fully saturated rings. The molecule has 1 aromatic carbocycles. The SMILES string of the molecule is C=NC(=N/C=C(\C)c1ccc2nc(C)c(C)n2c1)Oc1ccccc1F. The molecule has 26 heavy (non-hydrogen) atoms. The van der Waals surface area contributed by atoms with Gasteiger partial charge in [0.15, 0.2) is 11.6 Å². The molecule has 0 aliphatic heterocycles. The molecule has 132 valence electrons. The Balaban J connectivity index is 1.88. The lowest BCUT2D eigenvalue weighted by Gasteiger charge is -2.05. The van der Waals surface area contributed by atoms with Crippen molar-refractivity contribution in [3.63, 3.8) is 0 Å². The van der Waals surface area contributed by atoms with Crippen molar-refractivity contribution < 1.29 is 9.13 Å². The number of imidazole rings is 1. The van der Waals surface area contributed by atoms with E-state index in [1.807, 2.05) is 43.5 Å². The Morgan fingerprint density at radius 1 is 1.23 bits per heavy atom. The number of hydrogen-bond acceptors (Lipinski definition) is 3. The topological polar surface area (TPSA) is 51.2 Å². The average molecular weight is 350 g/mol. The fraction of sp³-hybridized carbons (Fsp3) is 0.150. The highest BCUT2D eigenvalue weighted by Gasteiger charge is 2.07. The van der Waals surface area contributed by atoms with Crippen molar-refractivity contribution in [1.82, 2.24) is 9.38 Å². The summed E-state index contributed by atoms with van der Waals surface area (Å²) in [6, 6.07) is 9.97. The molecule has 0 aliphatic rings. The smallest absolute Gasteiger partial charge is 0.321 e. The van der Waals surface area contributed by atoms with Crippen LogP contribution in [-0.4, -0.2) is 22.1 Å². The van der Waals surface area contributed by atoms with Crippen molar-refractivity contribution in [3.05, 3.63) is 71.6 Å². The lowest BCUT2D eigenvalue weighted by molar-refractivity contribution is 0.486. The van der Waals surface area contributed by atoms with Crippen LogP contribution in [0, 0.1) is 19.7 Å². The van der Waals surface area contributed by atoms with E-state index in [1.165, 1.54) is 12.1 Å². The number of amidine groups is 1. The minimum Gasteiger partial charge on any atom is -0.421 e. The molecule has 5 nitrogen and oxygen atoms in total. The second-order valence-corrected chi connectivity index (χ2v) is 5.84. The third-order valence-corrected chi connectivity index (χ3v) is 4.09. The number of allylic oxidation sites excluding steroid dienone is 1. The summed E-state index contributed by atoms with van der Waals surface area (Å²) in [5.41, 5.74) is 4.87. The van der Waals surface area contributed by atoms with E-state index in [1.54, 1.807) is 18.3 Å². The molecule has 3 rings (SSSR count). The molecule has 0 saturated carbocycles. The molecule has 3 aromatic rings. The van der Waals surface area contributed by atoms with Crippen LogP contribution in [0.1, 0.15) is 23.9 Å². The maximum absolute atomic E-state index is 13.7. The first-order valence-electron chi connectivity index (χ1n) is 8.09. The van der Waals surface area contributed by atoms with Crippen LogP contribution in [0.3, 0.4) is 0 Å². The van der Waals surface area contributed by atoms with Crippen molar-refractivity contribution in [2.75, 3.05) is 0 Å². The maximum atomic E-state index is 13.7. The van der Waals surface area contributed by atoms with Crippen molar-refractivity contribution in [1.29, 1.82) is 0 Å². The number of fused-ring (bicyclic) bond motifs is 1. The van der Waals surface area contributed by atoms with Gasteiger partial charge >= 0.3 is 6.02 Å². The average Bonchev–Trinajstić information content (AvgIpc) is 2.93. The maximum Gasteiger partial charge on any atom is 0.321 e. The Morgan fingerprint density at radius 2 is 2.00 bits per heavy atom. The molecule has 0 N–H and O–H groups in total. The van der Waals surface area contributed by atoms with Crippen molar-refractivity contribution in [3.8, 4) is 5.75 Å². The molecule has 2 aromatic heterocycles. The third-order valence-electron chi connectivity index (χ3n) is 4.09. The van der Waals surface area contributed by atoms with Crippen LogP contribution in [0.5, 0.6) is 5.75 Å². The first-order chi connectivity index (χ1) is 12.5. The zero-order valence-corrected chi connectivity index (χ0v) is 14.9. The van der Waals surface area contributed by atoms with E-state index >= 15 is 0 Å².